The van der Waals surface area contributed by atoms with Gasteiger partial charge >= 0.3 is 0 Å². The van der Waals surface area contributed by atoms with E-state index in [1.54, 1.807) is 0 Å². The fraction of sp³-hybridized carbons (Fsp3) is 0.500. The molecule has 2 aromatic rings. The number of rotatable bonds is 6. The van der Waals surface area contributed by atoms with E-state index in [0.29, 0.717) is 0 Å². The van der Waals surface area contributed by atoms with Gasteiger partial charge in [0.1, 0.15) is 11.9 Å². The number of aliphatic hydroxyl groups is 1. The summed E-state index contributed by atoms with van der Waals surface area (Å²) in [7, 11) is 0. The van der Waals surface area contributed by atoms with Crippen molar-refractivity contribution in [2.24, 2.45) is 5.92 Å². The van der Waals surface area contributed by atoms with Gasteiger partial charge in [-0.15, -0.1) is 0 Å². The molecule has 0 aliphatic heterocycles. The zero-order chi connectivity index (χ0) is 14.1. The van der Waals surface area contributed by atoms with Gasteiger partial charge in [-0.25, -0.2) is 4.98 Å². The molecule has 0 amide bonds. The average Bonchev–Trinajstić information content (AvgIpc) is 3.24. The molecular formula is C16H20N2O2. The molecule has 1 unspecified atom stereocenters. The molecule has 1 heterocycles. The highest BCUT2D eigenvalue weighted by Crippen LogP contribution is 2.33. The molecule has 1 atom stereocenters. The van der Waals surface area contributed by atoms with Crippen molar-refractivity contribution in [2.45, 2.75) is 45.3 Å². The molecule has 1 N–H and O–H groups in total. The van der Waals surface area contributed by atoms with E-state index in [1.807, 2.05) is 24.3 Å². The van der Waals surface area contributed by atoms with Crippen molar-refractivity contribution < 1.29 is 9.90 Å². The highest BCUT2D eigenvalue weighted by Gasteiger charge is 2.34. The lowest BCUT2D eigenvalue weighted by atomic mass is 10.1. The molecule has 0 spiro atoms. The Hall–Kier alpha value is -1.68. The van der Waals surface area contributed by atoms with Gasteiger partial charge in [0.15, 0.2) is 5.78 Å². The predicted molar refractivity (Wildman–Crippen MR) is 77.5 cm³/mol. The van der Waals surface area contributed by atoms with Crippen LogP contribution in [0.5, 0.6) is 0 Å². The van der Waals surface area contributed by atoms with E-state index in [2.05, 4.69) is 16.5 Å². The maximum absolute atomic E-state index is 12.1. The monoisotopic (exact) mass is 272 g/mol. The van der Waals surface area contributed by atoms with Gasteiger partial charge < -0.3 is 9.67 Å². The molecule has 1 saturated carbocycles. The minimum absolute atomic E-state index is 0.0971. The lowest BCUT2D eigenvalue weighted by Crippen LogP contribution is -2.25. The zero-order valence-electron chi connectivity index (χ0n) is 11.7. The highest BCUT2D eigenvalue weighted by molar-refractivity contribution is 5.86. The van der Waals surface area contributed by atoms with Crippen LogP contribution in [-0.4, -0.2) is 26.5 Å². The van der Waals surface area contributed by atoms with Gasteiger partial charge in [0, 0.05) is 6.54 Å². The number of ketones is 1. The summed E-state index contributed by atoms with van der Waals surface area (Å²) in [5, 5.41) is 9.93. The van der Waals surface area contributed by atoms with Crippen LogP contribution >= 0.6 is 0 Å². The summed E-state index contributed by atoms with van der Waals surface area (Å²) in [5.41, 5.74) is 1.99. The Morgan fingerprint density at radius 2 is 2.20 bits per heavy atom. The molecule has 3 rings (SSSR count). The maximum atomic E-state index is 12.1. The third kappa shape index (κ3) is 2.48. The van der Waals surface area contributed by atoms with Crippen LogP contribution in [0.1, 0.15) is 32.0 Å². The third-order valence-corrected chi connectivity index (χ3v) is 3.91. The molecule has 4 nitrogen and oxygen atoms in total. The van der Waals surface area contributed by atoms with E-state index >= 15 is 0 Å². The van der Waals surface area contributed by atoms with Crippen LogP contribution in [0.4, 0.5) is 0 Å². The van der Waals surface area contributed by atoms with E-state index in [1.165, 1.54) is 0 Å². The van der Waals surface area contributed by atoms with Crippen LogP contribution in [0, 0.1) is 5.92 Å². The van der Waals surface area contributed by atoms with Gasteiger partial charge in [-0.05, 0) is 37.3 Å². The number of nitrogens with zero attached hydrogens (tertiary/aromatic N) is 2. The van der Waals surface area contributed by atoms with Crippen LogP contribution < -0.4 is 0 Å². The van der Waals surface area contributed by atoms with Crippen LogP contribution in [0.2, 0.25) is 0 Å². The number of Topliss-reactive ketones (excluding diaryl/α,β-unsaturated/α-hetero) is 1. The van der Waals surface area contributed by atoms with Crippen molar-refractivity contribution in [2.75, 3.05) is 0 Å². The van der Waals surface area contributed by atoms with Crippen LogP contribution in [-0.2, 0) is 17.8 Å². The van der Waals surface area contributed by atoms with Crippen LogP contribution in [0.15, 0.2) is 24.3 Å². The topological polar surface area (TPSA) is 55.1 Å². The second-order valence-corrected chi connectivity index (χ2v) is 5.59. The smallest absolute Gasteiger partial charge is 0.169 e. The molecule has 1 fully saturated rings. The number of hydrogen-bond acceptors (Lipinski definition) is 3. The molecular weight excluding hydrogens is 252 g/mol. The minimum atomic E-state index is -0.801. The largest absolute Gasteiger partial charge is 0.385 e. The molecule has 20 heavy (non-hydrogen) atoms. The number of fused-ring (bicyclic) bond motifs is 1. The molecule has 106 valence electrons. The van der Waals surface area contributed by atoms with Crippen molar-refractivity contribution >= 4 is 16.8 Å². The summed E-state index contributed by atoms with van der Waals surface area (Å²) in [5.74, 6) is 0.865. The van der Waals surface area contributed by atoms with Crippen molar-refractivity contribution in [1.82, 2.24) is 9.55 Å². The first-order valence-electron chi connectivity index (χ1n) is 7.35. The number of para-hydroxylation sites is 2. The number of carbonyl (C=O) groups excluding carboxylic acids is 1. The fourth-order valence-corrected chi connectivity index (χ4v) is 2.67. The number of imidazole rings is 1. The van der Waals surface area contributed by atoms with Gasteiger partial charge in [0.25, 0.3) is 0 Å². The van der Waals surface area contributed by atoms with E-state index in [9.17, 15) is 9.90 Å². The zero-order valence-corrected chi connectivity index (χ0v) is 11.7. The molecule has 1 aromatic heterocycles. The minimum Gasteiger partial charge on any atom is -0.385 e. The summed E-state index contributed by atoms with van der Waals surface area (Å²) in [4.78, 5) is 16.7. The molecule has 1 aliphatic rings. The highest BCUT2D eigenvalue weighted by atomic mass is 16.3. The standard InChI is InChI=1S/C16H20N2O2/c1-2-9-18-13-6-4-3-5-12(13)17-15(18)10-14(19)16(20)11-7-8-11/h3-6,11,16,20H,2,7-10H2,1H3. The predicted octanol–water partition coefficient (Wildman–Crippen LogP) is 2.33. The molecule has 0 saturated heterocycles. The molecule has 1 aliphatic carbocycles. The molecule has 0 bridgehead atoms. The fourth-order valence-electron chi connectivity index (χ4n) is 2.67. The Bertz CT molecular complexity index is 628. The number of aliphatic hydroxyl groups excluding tert-OH is 1. The number of hydrogen-bond donors (Lipinski definition) is 1. The second-order valence-electron chi connectivity index (χ2n) is 5.59. The van der Waals surface area contributed by atoms with Crippen LogP contribution in [0.25, 0.3) is 11.0 Å². The summed E-state index contributed by atoms with van der Waals surface area (Å²) in [6.45, 7) is 2.96. The number of benzene rings is 1. The second kappa shape index (κ2) is 5.37. The molecule has 0 radical (unpaired) electrons. The number of carbonyl (C=O) groups is 1. The Kier molecular flexibility index (Phi) is 3.57. The Morgan fingerprint density at radius 3 is 2.90 bits per heavy atom. The van der Waals surface area contributed by atoms with Crippen molar-refractivity contribution in [3.05, 3.63) is 30.1 Å². The Labute approximate surface area is 118 Å². The quantitative estimate of drug-likeness (QED) is 0.878. The third-order valence-electron chi connectivity index (χ3n) is 3.91. The number of aromatic nitrogens is 2. The maximum Gasteiger partial charge on any atom is 0.169 e. The summed E-state index contributed by atoms with van der Waals surface area (Å²) >= 11 is 0. The molecule has 4 heteroatoms. The van der Waals surface area contributed by atoms with E-state index in [0.717, 1.165) is 42.7 Å². The number of aryl methyl sites for hydroxylation is 1. The van der Waals surface area contributed by atoms with Gasteiger partial charge in [-0.2, -0.15) is 0 Å². The SMILES string of the molecule is CCCn1c(CC(=O)C(O)C2CC2)nc2ccccc21. The first-order valence-corrected chi connectivity index (χ1v) is 7.35. The lowest BCUT2D eigenvalue weighted by Gasteiger charge is -2.10. The summed E-state index contributed by atoms with van der Waals surface area (Å²) in [6, 6.07) is 7.94. The lowest BCUT2D eigenvalue weighted by molar-refractivity contribution is -0.127. The van der Waals surface area contributed by atoms with Gasteiger partial charge in [-0.1, -0.05) is 19.1 Å². The van der Waals surface area contributed by atoms with Gasteiger partial charge in [-0.3, -0.25) is 4.79 Å². The van der Waals surface area contributed by atoms with Crippen molar-refractivity contribution in [3.8, 4) is 0 Å². The summed E-state index contributed by atoms with van der Waals surface area (Å²) in [6.07, 6.45) is 2.36. The van der Waals surface area contributed by atoms with E-state index in [-0.39, 0.29) is 18.1 Å². The van der Waals surface area contributed by atoms with Crippen molar-refractivity contribution in [1.29, 1.82) is 0 Å². The normalized spacial score (nSPS) is 16.5. The Balaban J connectivity index is 1.89. The van der Waals surface area contributed by atoms with E-state index < -0.39 is 6.10 Å². The Morgan fingerprint density at radius 1 is 1.45 bits per heavy atom. The van der Waals surface area contributed by atoms with Crippen LogP contribution in [0.3, 0.4) is 0 Å². The average molecular weight is 272 g/mol. The first kappa shape index (κ1) is 13.3. The van der Waals surface area contributed by atoms with Gasteiger partial charge in [0.2, 0.25) is 0 Å². The van der Waals surface area contributed by atoms with Crippen molar-refractivity contribution in [3.63, 3.8) is 0 Å². The summed E-state index contributed by atoms with van der Waals surface area (Å²) < 4.78 is 2.10. The van der Waals surface area contributed by atoms with Gasteiger partial charge in [0.05, 0.1) is 17.5 Å². The first-order chi connectivity index (χ1) is 9.70. The van der Waals surface area contributed by atoms with E-state index in [4.69, 9.17) is 0 Å². The molecule has 1 aromatic carbocycles.